The first-order valence-corrected chi connectivity index (χ1v) is 7.48. The van der Waals surface area contributed by atoms with Crippen LogP contribution in [0.5, 0.6) is 0 Å². The second-order valence-electron chi connectivity index (χ2n) is 6.81. The van der Waals surface area contributed by atoms with Crippen molar-refractivity contribution in [2.45, 2.75) is 58.2 Å². The van der Waals surface area contributed by atoms with Crippen LogP contribution in [0.3, 0.4) is 0 Å². The minimum Gasteiger partial charge on any atom is -0.481 e. The molecule has 1 amide bonds. The average Bonchev–Trinajstić information content (AvgIpc) is 2.35. The Morgan fingerprint density at radius 1 is 1.25 bits per heavy atom. The fraction of sp³-hybridized carbons (Fsp3) is 0.867. The van der Waals surface area contributed by atoms with Crippen LogP contribution in [0.25, 0.3) is 0 Å². The van der Waals surface area contributed by atoms with Gasteiger partial charge in [0.1, 0.15) is 0 Å². The average molecular weight is 283 g/mol. The van der Waals surface area contributed by atoms with Crippen molar-refractivity contribution < 1.29 is 19.4 Å². The van der Waals surface area contributed by atoms with Crippen molar-refractivity contribution in [1.29, 1.82) is 0 Å². The first-order valence-electron chi connectivity index (χ1n) is 7.48. The second kappa shape index (κ2) is 5.72. The zero-order valence-corrected chi connectivity index (χ0v) is 12.6. The molecule has 1 heterocycles. The third kappa shape index (κ3) is 3.51. The monoisotopic (exact) mass is 283 g/mol. The summed E-state index contributed by atoms with van der Waals surface area (Å²) in [5.41, 5.74) is -0.325. The van der Waals surface area contributed by atoms with Gasteiger partial charge in [0.25, 0.3) is 0 Å². The minimum atomic E-state index is -0.766. The number of aliphatic carboxylic acids is 1. The molecule has 0 radical (unpaired) electrons. The predicted molar refractivity (Wildman–Crippen MR) is 74.3 cm³/mol. The fourth-order valence-electron chi connectivity index (χ4n) is 3.52. The lowest BCUT2D eigenvalue weighted by Crippen LogP contribution is -2.55. The summed E-state index contributed by atoms with van der Waals surface area (Å²) in [5, 5.41) is 9.13. The quantitative estimate of drug-likeness (QED) is 0.840. The van der Waals surface area contributed by atoms with Crippen LogP contribution in [0.15, 0.2) is 0 Å². The summed E-state index contributed by atoms with van der Waals surface area (Å²) in [6.07, 6.45) is 2.86. The van der Waals surface area contributed by atoms with E-state index < -0.39 is 5.97 Å². The standard InChI is InChI=1S/C15H25NO4/c1-10-8-16(9-15(2,3)20-10)13(17)11-5-4-6-12(7-11)14(18)19/h10-12H,4-9H2,1-3H3,(H,18,19)/t10-,11-,12-/m1/s1. The number of carboxylic acid groups (broad SMARTS) is 1. The van der Waals surface area contributed by atoms with Crippen molar-refractivity contribution >= 4 is 11.9 Å². The Kier molecular flexibility index (Phi) is 4.37. The lowest BCUT2D eigenvalue weighted by Gasteiger charge is -2.43. The Morgan fingerprint density at radius 3 is 2.50 bits per heavy atom. The maximum Gasteiger partial charge on any atom is 0.306 e. The van der Waals surface area contributed by atoms with Crippen LogP contribution in [0.1, 0.15) is 46.5 Å². The lowest BCUT2D eigenvalue weighted by molar-refractivity contribution is -0.163. The number of carbonyl (C=O) groups is 2. The van der Waals surface area contributed by atoms with E-state index in [9.17, 15) is 9.59 Å². The molecule has 0 bridgehead atoms. The summed E-state index contributed by atoms with van der Waals surface area (Å²) >= 11 is 0. The first kappa shape index (κ1) is 15.3. The summed E-state index contributed by atoms with van der Waals surface area (Å²) in [6, 6.07) is 0. The van der Waals surface area contributed by atoms with E-state index in [0.29, 0.717) is 25.9 Å². The van der Waals surface area contributed by atoms with Gasteiger partial charge in [-0.3, -0.25) is 9.59 Å². The van der Waals surface area contributed by atoms with E-state index in [4.69, 9.17) is 9.84 Å². The maximum atomic E-state index is 12.6. The predicted octanol–water partition coefficient (Wildman–Crippen LogP) is 1.90. The number of morpholine rings is 1. The molecule has 2 rings (SSSR count). The number of carbonyl (C=O) groups excluding carboxylic acids is 1. The molecule has 5 nitrogen and oxygen atoms in total. The molecule has 114 valence electrons. The zero-order chi connectivity index (χ0) is 14.9. The molecule has 0 spiro atoms. The van der Waals surface area contributed by atoms with Gasteiger partial charge in [0.05, 0.1) is 17.6 Å². The molecule has 1 saturated carbocycles. The highest BCUT2D eigenvalue weighted by molar-refractivity contribution is 5.80. The molecule has 1 saturated heterocycles. The lowest BCUT2D eigenvalue weighted by atomic mass is 9.80. The van der Waals surface area contributed by atoms with Gasteiger partial charge in [0.15, 0.2) is 0 Å². The molecule has 2 fully saturated rings. The van der Waals surface area contributed by atoms with Gasteiger partial charge >= 0.3 is 5.97 Å². The van der Waals surface area contributed by atoms with Crippen molar-refractivity contribution in [2.24, 2.45) is 11.8 Å². The van der Waals surface area contributed by atoms with E-state index in [2.05, 4.69) is 0 Å². The van der Waals surface area contributed by atoms with Gasteiger partial charge in [-0.15, -0.1) is 0 Å². The van der Waals surface area contributed by atoms with Gasteiger partial charge in [-0.1, -0.05) is 6.42 Å². The minimum absolute atomic E-state index is 0.0292. The number of carboxylic acids is 1. The van der Waals surface area contributed by atoms with Gasteiger partial charge < -0.3 is 14.7 Å². The number of hydrogen-bond acceptors (Lipinski definition) is 3. The molecule has 0 aromatic carbocycles. The molecular formula is C15H25NO4. The SMILES string of the molecule is C[C@@H]1CN(C(=O)[C@@H]2CCC[C@@H](C(=O)O)C2)CC(C)(C)O1. The molecular weight excluding hydrogens is 258 g/mol. The van der Waals surface area contributed by atoms with Gasteiger partial charge in [-0.2, -0.15) is 0 Å². The Hall–Kier alpha value is -1.10. The van der Waals surface area contributed by atoms with E-state index in [-0.39, 0.29) is 29.4 Å². The molecule has 1 N–H and O–H groups in total. The van der Waals surface area contributed by atoms with E-state index in [0.717, 1.165) is 12.8 Å². The number of amides is 1. The van der Waals surface area contributed by atoms with Gasteiger partial charge in [-0.25, -0.2) is 0 Å². The van der Waals surface area contributed by atoms with E-state index in [1.165, 1.54) is 0 Å². The van der Waals surface area contributed by atoms with Crippen LogP contribution in [0.2, 0.25) is 0 Å². The normalized spacial score (nSPS) is 33.8. The van der Waals surface area contributed by atoms with Crippen LogP contribution in [-0.4, -0.2) is 46.7 Å². The molecule has 0 aromatic rings. The summed E-state index contributed by atoms with van der Waals surface area (Å²) in [4.78, 5) is 25.6. The molecule has 1 aliphatic heterocycles. The van der Waals surface area contributed by atoms with Crippen molar-refractivity contribution in [2.75, 3.05) is 13.1 Å². The largest absolute Gasteiger partial charge is 0.481 e. The second-order valence-corrected chi connectivity index (χ2v) is 6.81. The Balaban J connectivity index is 2.01. The molecule has 0 unspecified atom stereocenters. The highest BCUT2D eigenvalue weighted by atomic mass is 16.5. The molecule has 0 aromatic heterocycles. The topological polar surface area (TPSA) is 66.8 Å². The van der Waals surface area contributed by atoms with Crippen molar-refractivity contribution in [1.82, 2.24) is 4.90 Å². The third-order valence-electron chi connectivity index (χ3n) is 4.25. The van der Waals surface area contributed by atoms with Gasteiger partial charge in [0, 0.05) is 19.0 Å². The summed E-state index contributed by atoms with van der Waals surface area (Å²) in [6.45, 7) is 7.15. The van der Waals surface area contributed by atoms with Crippen LogP contribution < -0.4 is 0 Å². The maximum absolute atomic E-state index is 12.6. The Labute approximate surface area is 120 Å². The molecule has 2 aliphatic rings. The van der Waals surface area contributed by atoms with Crippen LogP contribution in [0.4, 0.5) is 0 Å². The van der Waals surface area contributed by atoms with Crippen LogP contribution >= 0.6 is 0 Å². The highest BCUT2D eigenvalue weighted by Gasteiger charge is 2.38. The third-order valence-corrected chi connectivity index (χ3v) is 4.25. The van der Waals surface area contributed by atoms with Gasteiger partial charge in [-0.05, 0) is 40.0 Å². The summed E-state index contributed by atoms with van der Waals surface area (Å²) < 4.78 is 5.81. The van der Waals surface area contributed by atoms with Crippen LogP contribution in [0, 0.1) is 11.8 Å². The first-order chi connectivity index (χ1) is 9.28. The van der Waals surface area contributed by atoms with Crippen molar-refractivity contribution in [3.8, 4) is 0 Å². The highest BCUT2D eigenvalue weighted by Crippen LogP contribution is 2.32. The molecule has 3 atom stereocenters. The molecule has 5 heteroatoms. The summed E-state index contributed by atoms with van der Waals surface area (Å²) in [5.74, 6) is -1.15. The van der Waals surface area contributed by atoms with E-state index >= 15 is 0 Å². The Bertz CT molecular complexity index is 393. The van der Waals surface area contributed by atoms with Gasteiger partial charge in [0.2, 0.25) is 5.91 Å². The van der Waals surface area contributed by atoms with E-state index in [1.54, 1.807) is 0 Å². The number of ether oxygens (including phenoxy) is 1. The Morgan fingerprint density at radius 2 is 1.90 bits per heavy atom. The number of hydrogen-bond donors (Lipinski definition) is 1. The zero-order valence-electron chi connectivity index (χ0n) is 12.6. The summed E-state index contributed by atoms with van der Waals surface area (Å²) in [7, 11) is 0. The fourth-order valence-corrected chi connectivity index (χ4v) is 3.52. The van der Waals surface area contributed by atoms with E-state index in [1.807, 2.05) is 25.7 Å². The number of nitrogens with zero attached hydrogens (tertiary/aromatic N) is 1. The van der Waals surface area contributed by atoms with Crippen molar-refractivity contribution in [3.63, 3.8) is 0 Å². The molecule has 20 heavy (non-hydrogen) atoms. The molecule has 1 aliphatic carbocycles. The number of rotatable bonds is 2. The van der Waals surface area contributed by atoms with Crippen molar-refractivity contribution in [3.05, 3.63) is 0 Å². The van der Waals surface area contributed by atoms with Crippen LogP contribution in [-0.2, 0) is 14.3 Å². The smallest absolute Gasteiger partial charge is 0.306 e.